The summed E-state index contributed by atoms with van der Waals surface area (Å²) in [5.74, 6) is 0. The Labute approximate surface area is 88.7 Å². The van der Waals surface area contributed by atoms with E-state index in [9.17, 15) is 0 Å². The van der Waals surface area contributed by atoms with Crippen molar-refractivity contribution in [2.45, 2.75) is 25.5 Å². The smallest absolute Gasteiger partial charge is 0.167 e. The zero-order valence-electron chi connectivity index (χ0n) is 8.32. The van der Waals surface area contributed by atoms with Crippen molar-refractivity contribution in [3.63, 3.8) is 0 Å². The van der Waals surface area contributed by atoms with Crippen LogP contribution in [0.4, 0.5) is 0 Å². The van der Waals surface area contributed by atoms with Gasteiger partial charge in [0, 0.05) is 17.1 Å². The zero-order valence-corrected chi connectivity index (χ0v) is 9.21. The van der Waals surface area contributed by atoms with Gasteiger partial charge in [0.25, 0.3) is 0 Å². The predicted molar refractivity (Wildman–Crippen MR) is 60.9 cm³/mol. The highest BCUT2D eigenvalue weighted by molar-refractivity contribution is 7.80. The molecular weight excluding hydrogens is 194 g/mol. The Morgan fingerprint density at radius 3 is 3.00 bits per heavy atom. The summed E-state index contributed by atoms with van der Waals surface area (Å²) in [5, 5.41) is 5.53. The van der Waals surface area contributed by atoms with Gasteiger partial charge in [-0.25, -0.2) is 0 Å². The summed E-state index contributed by atoms with van der Waals surface area (Å²) in [7, 11) is 0. The van der Waals surface area contributed by atoms with Crippen molar-refractivity contribution in [2.75, 3.05) is 0 Å². The monoisotopic (exact) mass is 207 g/mol. The number of hydrogen-bond donors (Lipinski definition) is 1. The van der Waals surface area contributed by atoms with Gasteiger partial charge >= 0.3 is 0 Å². The molecule has 2 nitrogen and oxygen atoms in total. The lowest BCUT2D eigenvalue weighted by molar-refractivity contribution is 0.446. The number of aryl methyl sites for hydroxylation is 1. The van der Waals surface area contributed by atoms with Gasteiger partial charge in [-0.2, -0.15) is 12.6 Å². The van der Waals surface area contributed by atoms with E-state index in [-0.39, 0.29) is 0 Å². The minimum absolute atomic E-state index is 0.308. The molecule has 0 aliphatic rings. The van der Waals surface area contributed by atoms with E-state index in [1.165, 1.54) is 5.56 Å². The normalized spacial score (nSPS) is 13.4. The van der Waals surface area contributed by atoms with Crippen LogP contribution < -0.4 is 0 Å². The molecule has 1 atom stereocenters. The number of fused-ring (bicyclic) bond motifs is 1. The van der Waals surface area contributed by atoms with Crippen LogP contribution in [0.25, 0.3) is 11.0 Å². The van der Waals surface area contributed by atoms with E-state index in [1.807, 2.05) is 12.1 Å². The van der Waals surface area contributed by atoms with E-state index in [0.29, 0.717) is 5.25 Å². The summed E-state index contributed by atoms with van der Waals surface area (Å²) in [5.41, 5.74) is 3.10. The zero-order chi connectivity index (χ0) is 10.1. The summed E-state index contributed by atoms with van der Waals surface area (Å²) in [4.78, 5) is 0. The standard InChI is InChI=1S/C11H13NOS/c1-7-4-3-5-10-11(7)9(12-13-10)6-8(2)14/h3-5,8,14H,6H2,1-2H3. The van der Waals surface area contributed by atoms with Crippen molar-refractivity contribution in [3.8, 4) is 0 Å². The molecule has 1 unspecified atom stereocenters. The third-order valence-electron chi connectivity index (χ3n) is 2.27. The maximum absolute atomic E-state index is 5.25. The number of hydrogen-bond acceptors (Lipinski definition) is 3. The average Bonchev–Trinajstić information content (AvgIpc) is 2.49. The number of rotatable bonds is 2. The Kier molecular flexibility index (Phi) is 2.50. The minimum Gasteiger partial charge on any atom is -0.356 e. The van der Waals surface area contributed by atoms with Crippen LogP contribution in [-0.2, 0) is 6.42 Å². The summed E-state index contributed by atoms with van der Waals surface area (Å²) in [6.45, 7) is 4.13. The third kappa shape index (κ3) is 1.64. The molecule has 0 N–H and O–H groups in total. The molecule has 1 aromatic carbocycles. The van der Waals surface area contributed by atoms with Gasteiger partial charge < -0.3 is 4.52 Å². The van der Waals surface area contributed by atoms with E-state index in [4.69, 9.17) is 4.52 Å². The van der Waals surface area contributed by atoms with Crippen LogP contribution in [0.3, 0.4) is 0 Å². The SMILES string of the molecule is Cc1cccc2onc(CC(C)S)c12. The van der Waals surface area contributed by atoms with E-state index in [0.717, 1.165) is 23.1 Å². The lowest BCUT2D eigenvalue weighted by Gasteiger charge is -2.00. The second-order valence-electron chi connectivity index (χ2n) is 3.63. The maximum atomic E-state index is 5.25. The molecule has 14 heavy (non-hydrogen) atoms. The Morgan fingerprint density at radius 2 is 2.29 bits per heavy atom. The van der Waals surface area contributed by atoms with E-state index in [1.54, 1.807) is 0 Å². The van der Waals surface area contributed by atoms with Crippen LogP contribution >= 0.6 is 12.6 Å². The predicted octanol–water partition coefficient (Wildman–Crippen LogP) is 3.00. The Bertz CT molecular complexity index is 447. The van der Waals surface area contributed by atoms with Crippen molar-refractivity contribution in [1.29, 1.82) is 0 Å². The van der Waals surface area contributed by atoms with Gasteiger partial charge in [0.2, 0.25) is 0 Å². The van der Waals surface area contributed by atoms with E-state index < -0.39 is 0 Å². The summed E-state index contributed by atoms with van der Waals surface area (Å²) in [6.07, 6.45) is 0.848. The molecule has 0 aliphatic carbocycles. The van der Waals surface area contributed by atoms with Crippen LogP contribution in [0.5, 0.6) is 0 Å². The van der Waals surface area contributed by atoms with Gasteiger partial charge in [-0.15, -0.1) is 0 Å². The first-order valence-electron chi connectivity index (χ1n) is 4.70. The lowest BCUT2D eigenvalue weighted by atomic mass is 10.1. The molecule has 0 bridgehead atoms. The highest BCUT2D eigenvalue weighted by atomic mass is 32.1. The highest BCUT2D eigenvalue weighted by Gasteiger charge is 2.11. The first kappa shape index (κ1) is 9.59. The van der Waals surface area contributed by atoms with Gasteiger partial charge in [-0.1, -0.05) is 24.2 Å². The average molecular weight is 207 g/mol. The third-order valence-corrected chi connectivity index (χ3v) is 2.45. The Balaban J connectivity index is 2.55. The molecule has 0 aliphatic heterocycles. The second-order valence-corrected chi connectivity index (χ2v) is 4.51. The van der Waals surface area contributed by atoms with Crippen LogP contribution in [0.15, 0.2) is 22.7 Å². The molecule has 0 fully saturated rings. The molecular formula is C11H13NOS. The number of benzene rings is 1. The van der Waals surface area contributed by atoms with Crippen LogP contribution in [0.2, 0.25) is 0 Å². The summed E-state index contributed by atoms with van der Waals surface area (Å²) >= 11 is 4.36. The number of nitrogens with zero attached hydrogens (tertiary/aromatic N) is 1. The van der Waals surface area contributed by atoms with E-state index in [2.05, 4.69) is 37.7 Å². The summed E-state index contributed by atoms with van der Waals surface area (Å²) < 4.78 is 5.25. The fraction of sp³-hybridized carbons (Fsp3) is 0.364. The van der Waals surface area contributed by atoms with Crippen LogP contribution in [0, 0.1) is 6.92 Å². The molecule has 2 rings (SSSR count). The molecule has 0 saturated carbocycles. The van der Waals surface area contributed by atoms with Crippen molar-refractivity contribution in [3.05, 3.63) is 29.5 Å². The first-order chi connectivity index (χ1) is 6.68. The molecule has 0 radical (unpaired) electrons. The van der Waals surface area contributed by atoms with Gasteiger partial charge in [-0.3, -0.25) is 0 Å². The molecule has 1 aromatic heterocycles. The molecule has 2 aromatic rings. The van der Waals surface area contributed by atoms with Gasteiger partial charge in [0.15, 0.2) is 5.58 Å². The summed E-state index contributed by atoms with van der Waals surface area (Å²) in [6, 6.07) is 6.00. The number of aromatic nitrogens is 1. The molecule has 0 saturated heterocycles. The number of thiol groups is 1. The molecule has 0 amide bonds. The molecule has 0 spiro atoms. The van der Waals surface area contributed by atoms with Crippen molar-refractivity contribution < 1.29 is 4.52 Å². The molecule has 3 heteroatoms. The van der Waals surface area contributed by atoms with Gasteiger partial charge in [0.1, 0.15) is 0 Å². The topological polar surface area (TPSA) is 26.0 Å². The molecule has 74 valence electrons. The van der Waals surface area contributed by atoms with Crippen molar-refractivity contribution >= 4 is 23.6 Å². The van der Waals surface area contributed by atoms with E-state index >= 15 is 0 Å². The second kappa shape index (κ2) is 3.65. The minimum atomic E-state index is 0.308. The van der Waals surface area contributed by atoms with Gasteiger partial charge in [-0.05, 0) is 18.6 Å². The van der Waals surface area contributed by atoms with Crippen molar-refractivity contribution in [1.82, 2.24) is 5.16 Å². The largest absolute Gasteiger partial charge is 0.356 e. The van der Waals surface area contributed by atoms with Gasteiger partial charge in [0.05, 0.1) is 5.69 Å². The Hall–Kier alpha value is -0.960. The Morgan fingerprint density at radius 1 is 1.50 bits per heavy atom. The van der Waals surface area contributed by atoms with Crippen LogP contribution in [0.1, 0.15) is 18.2 Å². The molecule has 1 heterocycles. The van der Waals surface area contributed by atoms with Crippen LogP contribution in [-0.4, -0.2) is 10.4 Å². The van der Waals surface area contributed by atoms with Crippen molar-refractivity contribution in [2.24, 2.45) is 0 Å². The quantitative estimate of drug-likeness (QED) is 0.766. The highest BCUT2D eigenvalue weighted by Crippen LogP contribution is 2.23. The first-order valence-corrected chi connectivity index (χ1v) is 5.22. The maximum Gasteiger partial charge on any atom is 0.167 e. The lowest BCUT2D eigenvalue weighted by Crippen LogP contribution is -1.98. The fourth-order valence-corrected chi connectivity index (χ4v) is 1.83. The fourth-order valence-electron chi connectivity index (χ4n) is 1.66.